The van der Waals surface area contributed by atoms with Gasteiger partial charge in [-0.1, -0.05) is 41.0 Å². The number of methoxy groups -OCH3 is 2. The van der Waals surface area contributed by atoms with Gasteiger partial charge in [0.05, 0.1) is 25.5 Å². The molecule has 0 spiro atoms. The number of ether oxygens (including phenoxy) is 2. The SMILES string of the molecule is COc1cc(OC)cc(-c2noc(-c3cn(-c4cccc(Cl)c4)c(=O)c4ccccc34)n2)c1. The molecule has 0 radical (unpaired) electrons. The van der Waals surface area contributed by atoms with E-state index in [-0.39, 0.29) is 11.4 Å². The lowest BCUT2D eigenvalue weighted by atomic mass is 10.1. The van der Waals surface area contributed by atoms with Crippen molar-refractivity contribution in [3.8, 4) is 40.0 Å². The lowest BCUT2D eigenvalue weighted by molar-refractivity contribution is 0.394. The van der Waals surface area contributed by atoms with Gasteiger partial charge in [-0.15, -0.1) is 0 Å². The van der Waals surface area contributed by atoms with Gasteiger partial charge < -0.3 is 14.0 Å². The normalized spacial score (nSPS) is 11.0. The summed E-state index contributed by atoms with van der Waals surface area (Å²) >= 11 is 6.17. The number of rotatable bonds is 5. The quantitative estimate of drug-likeness (QED) is 0.351. The van der Waals surface area contributed by atoms with Crippen LogP contribution in [0.2, 0.25) is 5.02 Å². The Balaban J connectivity index is 1.70. The van der Waals surface area contributed by atoms with Crippen molar-refractivity contribution in [2.24, 2.45) is 0 Å². The molecule has 0 amide bonds. The third-order valence-corrected chi connectivity index (χ3v) is 5.51. The molecule has 0 fully saturated rings. The molecule has 164 valence electrons. The second kappa shape index (κ2) is 8.44. The van der Waals surface area contributed by atoms with Gasteiger partial charge in [-0.2, -0.15) is 4.98 Å². The first-order valence-electron chi connectivity index (χ1n) is 10.1. The fourth-order valence-electron chi connectivity index (χ4n) is 3.67. The first kappa shape index (κ1) is 20.8. The maximum absolute atomic E-state index is 13.2. The van der Waals surface area contributed by atoms with Crippen LogP contribution < -0.4 is 15.0 Å². The smallest absolute Gasteiger partial charge is 0.262 e. The van der Waals surface area contributed by atoms with Crippen molar-refractivity contribution in [3.05, 3.63) is 88.3 Å². The van der Waals surface area contributed by atoms with Crippen LogP contribution in [-0.4, -0.2) is 28.9 Å². The molecule has 5 aromatic rings. The van der Waals surface area contributed by atoms with Crippen molar-refractivity contribution in [1.29, 1.82) is 0 Å². The maximum Gasteiger partial charge on any atom is 0.262 e. The van der Waals surface area contributed by atoms with Crippen molar-refractivity contribution in [1.82, 2.24) is 14.7 Å². The van der Waals surface area contributed by atoms with Crippen LogP contribution >= 0.6 is 11.6 Å². The summed E-state index contributed by atoms with van der Waals surface area (Å²) in [5, 5.41) is 5.92. The van der Waals surface area contributed by atoms with Gasteiger partial charge in [0.25, 0.3) is 11.4 Å². The van der Waals surface area contributed by atoms with E-state index >= 15 is 0 Å². The van der Waals surface area contributed by atoms with Gasteiger partial charge in [0.2, 0.25) is 5.82 Å². The van der Waals surface area contributed by atoms with Gasteiger partial charge in [0.1, 0.15) is 11.5 Å². The molecule has 8 heteroatoms. The first-order valence-corrected chi connectivity index (χ1v) is 10.4. The van der Waals surface area contributed by atoms with Gasteiger partial charge in [-0.05, 0) is 36.4 Å². The summed E-state index contributed by atoms with van der Waals surface area (Å²) in [6.45, 7) is 0. The molecule has 0 N–H and O–H groups in total. The molecule has 5 rings (SSSR count). The Hall–Kier alpha value is -4.10. The largest absolute Gasteiger partial charge is 0.497 e. The van der Waals surface area contributed by atoms with Crippen LogP contribution in [0.4, 0.5) is 0 Å². The number of hydrogen-bond acceptors (Lipinski definition) is 6. The summed E-state index contributed by atoms with van der Waals surface area (Å²) in [6, 6.07) is 19.7. The summed E-state index contributed by atoms with van der Waals surface area (Å²) < 4.78 is 17.8. The average Bonchev–Trinajstić information content (AvgIpc) is 3.34. The lowest BCUT2D eigenvalue weighted by Gasteiger charge is -2.10. The Bertz CT molecular complexity index is 1520. The van der Waals surface area contributed by atoms with E-state index in [0.717, 1.165) is 0 Å². The van der Waals surface area contributed by atoms with Crippen molar-refractivity contribution in [3.63, 3.8) is 0 Å². The topological polar surface area (TPSA) is 79.4 Å². The van der Waals surface area contributed by atoms with Gasteiger partial charge in [0, 0.05) is 33.6 Å². The van der Waals surface area contributed by atoms with Crippen molar-refractivity contribution >= 4 is 22.4 Å². The molecule has 2 aromatic heterocycles. The Morgan fingerprint density at radius 1 is 0.909 bits per heavy atom. The molecule has 0 aliphatic rings. The van der Waals surface area contributed by atoms with Crippen LogP contribution in [0.25, 0.3) is 39.3 Å². The zero-order chi connectivity index (χ0) is 22.9. The highest BCUT2D eigenvalue weighted by Crippen LogP contribution is 2.32. The molecule has 33 heavy (non-hydrogen) atoms. The van der Waals surface area contributed by atoms with E-state index in [1.165, 1.54) is 4.57 Å². The Kier molecular flexibility index (Phi) is 5.32. The van der Waals surface area contributed by atoms with E-state index in [9.17, 15) is 4.79 Å². The van der Waals surface area contributed by atoms with Crippen LogP contribution in [0.15, 0.2) is 82.2 Å². The van der Waals surface area contributed by atoms with Crippen molar-refractivity contribution in [2.75, 3.05) is 14.2 Å². The van der Waals surface area contributed by atoms with Gasteiger partial charge >= 0.3 is 0 Å². The average molecular weight is 460 g/mol. The molecule has 0 saturated carbocycles. The maximum atomic E-state index is 13.2. The minimum Gasteiger partial charge on any atom is -0.497 e. The third kappa shape index (κ3) is 3.83. The molecule has 2 heterocycles. The predicted molar refractivity (Wildman–Crippen MR) is 126 cm³/mol. The first-order chi connectivity index (χ1) is 16.1. The van der Waals surface area contributed by atoms with E-state index in [0.29, 0.717) is 49.9 Å². The second-order valence-electron chi connectivity index (χ2n) is 7.27. The molecule has 0 aliphatic heterocycles. The number of hydrogen-bond donors (Lipinski definition) is 0. The summed E-state index contributed by atoms with van der Waals surface area (Å²) in [4.78, 5) is 17.8. The molecule has 0 bridgehead atoms. The minimum absolute atomic E-state index is 0.172. The van der Waals surface area contributed by atoms with Gasteiger partial charge in [-0.3, -0.25) is 9.36 Å². The fraction of sp³-hybridized carbons (Fsp3) is 0.0800. The number of fused-ring (bicyclic) bond motifs is 1. The minimum atomic E-state index is -0.172. The molecule has 0 unspecified atom stereocenters. The number of halogens is 1. The fourth-order valence-corrected chi connectivity index (χ4v) is 3.85. The van der Waals surface area contributed by atoms with E-state index < -0.39 is 0 Å². The van der Waals surface area contributed by atoms with E-state index in [4.69, 9.17) is 25.6 Å². The predicted octanol–water partition coefficient (Wildman–Crippen LogP) is 5.38. The summed E-state index contributed by atoms with van der Waals surface area (Å²) in [5.41, 5.74) is 1.76. The van der Waals surface area contributed by atoms with Crippen molar-refractivity contribution in [2.45, 2.75) is 0 Å². The molecule has 7 nitrogen and oxygen atoms in total. The molecular formula is C25H18ClN3O4. The third-order valence-electron chi connectivity index (χ3n) is 5.28. The Morgan fingerprint density at radius 2 is 1.64 bits per heavy atom. The van der Waals surface area contributed by atoms with Crippen molar-refractivity contribution < 1.29 is 14.0 Å². The highest BCUT2D eigenvalue weighted by atomic mass is 35.5. The van der Waals surface area contributed by atoms with Crippen LogP contribution in [-0.2, 0) is 0 Å². The summed E-state index contributed by atoms with van der Waals surface area (Å²) in [6.07, 6.45) is 1.69. The Labute approximate surface area is 193 Å². The van der Waals surface area contributed by atoms with E-state index in [1.54, 1.807) is 62.9 Å². The van der Waals surface area contributed by atoms with E-state index in [2.05, 4.69) is 10.1 Å². The molecule has 0 saturated heterocycles. The summed E-state index contributed by atoms with van der Waals surface area (Å²) in [5.74, 6) is 1.86. The molecule has 0 aliphatic carbocycles. The number of pyridine rings is 1. The molecule has 0 atom stereocenters. The van der Waals surface area contributed by atoms with Crippen LogP contribution in [0.1, 0.15) is 0 Å². The highest BCUT2D eigenvalue weighted by molar-refractivity contribution is 6.30. The Morgan fingerprint density at radius 3 is 2.33 bits per heavy atom. The standard InChI is InChI=1S/C25H18ClN3O4/c1-31-18-10-15(11-19(13-18)32-2)23-27-24(33-28-23)22-14-29(17-7-5-6-16(26)12-17)25(30)21-9-4-3-8-20(21)22/h3-14H,1-2H3. The molecular weight excluding hydrogens is 442 g/mol. The van der Waals surface area contributed by atoms with Gasteiger partial charge in [-0.25, -0.2) is 0 Å². The second-order valence-corrected chi connectivity index (χ2v) is 7.70. The monoisotopic (exact) mass is 459 g/mol. The van der Waals surface area contributed by atoms with E-state index in [1.807, 2.05) is 24.3 Å². The zero-order valence-electron chi connectivity index (χ0n) is 17.8. The highest BCUT2D eigenvalue weighted by Gasteiger charge is 2.18. The molecule has 3 aromatic carbocycles. The number of nitrogens with zero attached hydrogens (tertiary/aromatic N) is 3. The zero-order valence-corrected chi connectivity index (χ0v) is 18.5. The number of benzene rings is 3. The van der Waals surface area contributed by atoms with Crippen LogP contribution in [0, 0.1) is 0 Å². The van der Waals surface area contributed by atoms with Crippen LogP contribution in [0.5, 0.6) is 11.5 Å². The lowest BCUT2D eigenvalue weighted by Crippen LogP contribution is -2.18. The summed E-state index contributed by atoms with van der Waals surface area (Å²) in [7, 11) is 3.15. The van der Waals surface area contributed by atoms with Gasteiger partial charge in [0.15, 0.2) is 0 Å². The number of aromatic nitrogens is 3. The van der Waals surface area contributed by atoms with Crippen LogP contribution in [0.3, 0.4) is 0 Å².